The lowest BCUT2D eigenvalue weighted by Gasteiger charge is -2.35. The van der Waals surface area contributed by atoms with Crippen LogP contribution in [-0.2, 0) is 11.3 Å². The lowest BCUT2D eigenvalue weighted by atomic mass is 10.2. The van der Waals surface area contributed by atoms with Gasteiger partial charge in [0.2, 0.25) is 11.9 Å². The lowest BCUT2D eigenvalue weighted by Crippen LogP contribution is -2.46. The van der Waals surface area contributed by atoms with E-state index in [1.54, 1.807) is 10.7 Å². The first-order valence-electron chi connectivity index (χ1n) is 9.56. The molecule has 0 aliphatic carbocycles. The number of ether oxygens (including phenoxy) is 1. The van der Waals surface area contributed by atoms with Crippen LogP contribution in [0.5, 0.6) is 0 Å². The zero-order chi connectivity index (χ0) is 20.0. The molecule has 2 unspecified atom stereocenters. The summed E-state index contributed by atoms with van der Waals surface area (Å²) in [5, 5.41) is 7.75. The summed E-state index contributed by atoms with van der Waals surface area (Å²) in [7, 11) is 0. The van der Waals surface area contributed by atoms with E-state index in [4.69, 9.17) is 14.7 Å². The Hall–Kier alpha value is -2.72. The van der Waals surface area contributed by atoms with Crippen molar-refractivity contribution in [3.63, 3.8) is 0 Å². The molecule has 1 aliphatic rings. The van der Waals surface area contributed by atoms with Crippen molar-refractivity contribution in [2.75, 3.05) is 23.3 Å². The van der Waals surface area contributed by atoms with Gasteiger partial charge in [0.25, 0.3) is 0 Å². The first kappa shape index (κ1) is 18.3. The van der Waals surface area contributed by atoms with E-state index in [9.17, 15) is 0 Å². The average molecular weight is 457 g/mol. The third kappa shape index (κ3) is 3.53. The predicted molar refractivity (Wildman–Crippen MR) is 114 cm³/mol. The van der Waals surface area contributed by atoms with Crippen LogP contribution in [0.2, 0.25) is 0 Å². The van der Waals surface area contributed by atoms with E-state index < -0.39 is 0 Å². The second kappa shape index (κ2) is 7.27. The zero-order valence-corrected chi connectivity index (χ0v) is 17.7. The molecule has 0 bridgehead atoms. The van der Waals surface area contributed by atoms with Crippen molar-refractivity contribution in [1.82, 2.24) is 29.5 Å². The summed E-state index contributed by atoms with van der Waals surface area (Å²) >= 11 is 3.54. The standard InChI is InChI=1S/C19H21BrN8O/c1-11-9-27(10-12(2)29-11)19-25-17-13(20)7-22-28(17)18(26-19)21-8-16-23-14-5-3-4-6-15(14)24-16/h3-7,11-12H,8-10H2,1-2H3,(H,23,24)(H,21,25,26). The SMILES string of the molecule is CC1CN(c2nc(NCc3nc4ccccc4[nH]3)n3ncc(Br)c3n2)CC(C)O1. The Balaban J connectivity index is 1.47. The number of aromatic amines is 1. The fourth-order valence-electron chi connectivity index (χ4n) is 3.69. The first-order valence-corrected chi connectivity index (χ1v) is 10.4. The largest absolute Gasteiger partial charge is 0.372 e. The van der Waals surface area contributed by atoms with Crippen LogP contribution in [0, 0.1) is 0 Å². The van der Waals surface area contributed by atoms with E-state index in [1.165, 1.54) is 0 Å². The Morgan fingerprint density at radius 2 is 1.97 bits per heavy atom. The summed E-state index contributed by atoms with van der Waals surface area (Å²) in [6.07, 6.45) is 1.97. The van der Waals surface area contributed by atoms with Crippen LogP contribution in [0.3, 0.4) is 0 Å². The first-order chi connectivity index (χ1) is 14.1. The maximum absolute atomic E-state index is 5.85. The number of rotatable bonds is 4. The number of anilines is 2. The summed E-state index contributed by atoms with van der Waals surface area (Å²) < 4.78 is 8.37. The van der Waals surface area contributed by atoms with Crippen LogP contribution in [-0.4, -0.2) is 54.8 Å². The van der Waals surface area contributed by atoms with Gasteiger partial charge in [-0.1, -0.05) is 12.1 Å². The molecule has 10 heteroatoms. The van der Waals surface area contributed by atoms with E-state index in [-0.39, 0.29) is 12.2 Å². The molecule has 1 saturated heterocycles. The molecule has 0 radical (unpaired) electrons. The lowest BCUT2D eigenvalue weighted by molar-refractivity contribution is -0.00571. The Morgan fingerprint density at radius 1 is 1.17 bits per heavy atom. The number of H-pyrrole nitrogens is 1. The molecule has 2 atom stereocenters. The molecule has 0 amide bonds. The van der Waals surface area contributed by atoms with Crippen LogP contribution >= 0.6 is 15.9 Å². The minimum atomic E-state index is 0.124. The Kier molecular flexibility index (Phi) is 4.59. The van der Waals surface area contributed by atoms with Gasteiger partial charge in [0.05, 0.1) is 40.5 Å². The summed E-state index contributed by atoms with van der Waals surface area (Å²) in [4.78, 5) is 19.6. The molecular formula is C19H21BrN8O. The van der Waals surface area contributed by atoms with Crippen LogP contribution < -0.4 is 10.2 Å². The molecule has 4 aromatic rings. The quantitative estimate of drug-likeness (QED) is 0.487. The van der Waals surface area contributed by atoms with E-state index in [0.29, 0.717) is 24.1 Å². The molecule has 1 aliphatic heterocycles. The highest BCUT2D eigenvalue weighted by molar-refractivity contribution is 9.10. The van der Waals surface area contributed by atoms with Gasteiger partial charge in [-0.25, -0.2) is 4.98 Å². The van der Waals surface area contributed by atoms with Gasteiger partial charge in [0.1, 0.15) is 5.82 Å². The zero-order valence-electron chi connectivity index (χ0n) is 16.1. The van der Waals surface area contributed by atoms with Crippen LogP contribution in [0.1, 0.15) is 19.7 Å². The van der Waals surface area contributed by atoms with Crippen LogP contribution in [0.4, 0.5) is 11.9 Å². The van der Waals surface area contributed by atoms with Crippen molar-refractivity contribution in [3.8, 4) is 0 Å². The minimum Gasteiger partial charge on any atom is -0.372 e. The Morgan fingerprint density at radius 3 is 2.76 bits per heavy atom. The fourth-order valence-corrected chi connectivity index (χ4v) is 4.04. The summed E-state index contributed by atoms with van der Waals surface area (Å²) in [6.45, 7) is 6.12. The molecule has 0 spiro atoms. The van der Waals surface area contributed by atoms with Gasteiger partial charge in [-0.15, -0.1) is 0 Å². The molecule has 1 aromatic carbocycles. The van der Waals surface area contributed by atoms with Crippen molar-refractivity contribution in [2.24, 2.45) is 0 Å². The number of halogens is 1. The maximum atomic E-state index is 5.85. The summed E-state index contributed by atoms with van der Waals surface area (Å²) in [6, 6.07) is 7.97. The topological polar surface area (TPSA) is 96.3 Å². The molecule has 9 nitrogen and oxygen atoms in total. The number of hydrogen-bond acceptors (Lipinski definition) is 7. The number of benzene rings is 1. The van der Waals surface area contributed by atoms with Crippen molar-refractivity contribution in [3.05, 3.63) is 40.8 Å². The molecule has 2 N–H and O–H groups in total. The average Bonchev–Trinajstić information content (AvgIpc) is 3.28. The van der Waals surface area contributed by atoms with Crippen molar-refractivity contribution in [1.29, 1.82) is 0 Å². The van der Waals surface area contributed by atoms with Crippen molar-refractivity contribution in [2.45, 2.75) is 32.6 Å². The van der Waals surface area contributed by atoms with Crippen LogP contribution in [0.25, 0.3) is 16.7 Å². The highest BCUT2D eigenvalue weighted by atomic mass is 79.9. The molecule has 5 rings (SSSR count). The molecule has 0 saturated carbocycles. The fraction of sp³-hybridized carbons (Fsp3) is 0.368. The van der Waals surface area contributed by atoms with Gasteiger partial charge in [0, 0.05) is 13.1 Å². The number of aromatic nitrogens is 6. The van der Waals surface area contributed by atoms with E-state index in [0.717, 1.165) is 34.4 Å². The van der Waals surface area contributed by atoms with Gasteiger partial charge in [0.15, 0.2) is 5.65 Å². The van der Waals surface area contributed by atoms with Gasteiger partial charge in [-0.05, 0) is 41.9 Å². The minimum absolute atomic E-state index is 0.124. The smallest absolute Gasteiger partial charge is 0.230 e. The van der Waals surface area contributed by atoms with Crippen LogP contribution in [0.15, 0.2) is 34.9 Å². The number of imidazole rings is 1. The second-order valence-corrected chi connectivity index (χ2v) is 8.15. The summed E-state index contributed by atoms with van der Waals surface area (Å²) in [5.74, 6) is 2.11. The van der Waals surface area contributed by atoms with Gasteiger partial charge >= 0.3 is 0 Å². The number of morpholine rings is 1. The number of nitrogens with one attached hydrogen (secondary N) is 2. The van der Waals surface area contributed by atoms with Gasteiger partial charge < -0.3 is 19.9 Å². The molecular weight excluding hydrogens is 436 g/mol. The number of hydrogen-bond donors (Lipinski definition) is 2. The highest BCUT2D eigenvalue weighted by Crippen LogP contribution is 2.24. The van der Waals surface area contributed by atoms with Gasteiger partial charge in [-0.2, -0.15) is 19.6 Å². The van der Waals surface area contributed by atoms with Gasteiger partial charge in [-0.3, -0.25) is 0 Å². The number of nitrogens with zero attached hydrogens (tertiary/aromatic N) is 6. The normalized spacial score (nSPS) is 19.9. The Labute approximate surface area is 175 Å². The Bertz CT molecular complexity index is 1130. The van der Waals surface area contributed by atoms with E-state index in [1.807, 2.05) is 24.3 Å². The molecule has 4 heterocycles. The third-order valence-electron chi connectivity index (χ3n) is 4.87. The third-order valence-corrected chi connectivity index (χ3v) is 5.43. The molecule has 29 heavy (non-hydrogen) atoms. The van der Waals surface area contributed by atoms with E-state index >= 15 is 0 Å². The number of para-hydroxylation sites is 2. The molecule has 3 aromatic heterocycles. The second-order valence-electron chi connectivity index (χ2n) is 7.29. The maximum Gasteiger partial charge on any atom is 0.230 e. The van der Waals surface area contributed by atoms with E-state index in [2.05, 4.69) is 55.1 Å². The molecule has 150 valence electrons. The van der Waals surface area contributed by atoms with Crippen molar-refractivity contribution < 1.29 is 4.74 Å². The molecule has 1 fully saturated rings. The van der Waals surface area contributed by atoms with Crippen molar-refractivity contribution >= 4 is 44.5 Å². The monoisotopic (exact) mass is 456 g/mol. The predicted octanol–water partition coefficient (Wildman–Crippen LogP) is 2.99. The highest BCUT2D eigenvalue weighted by Gasteiger charge is 2.25. The number of fused-ring (bicyclic) bond motifs is 2. The summed E-state index contributed by atoms with van der Waals surface area (Å²) in [5.41, 5.74) is 2.67.